The first kappa shape index (κ1) is 13.5. The zero-order valence-electron chi connectivity index (χ0n) is 9.66. The number of nitrogens with one attached hydrogen (secondary N) is 1. The number of carboxylic acids is 1. The lowest BCUT2D eigenvalue weighted by atomic mass is 10.1. The number of carbonyl (C=O) groups is 2. The fraction of sp³-hybridized carbons (Fsp3) is 0.333. The van der Waals surface area contributed by atoms with Crippen LogP contribution in [0.1, 0.15) is 30.6 Å². The molecule has 0 bridgehead atoms. The Labute approximate surface area is 105 Å². The van der Waals surface area contributed by atoms with Crippen LogP contribution in [-0.4, -0.2) is 17.0 Å². The first-order chi connectivity index (χ1) is 7.95. The molecule has 92 valence electrons. The smallest absolute Gasteiger partial charge is 0.337 e. The second kappa shape index (κ2) is 5.68. The van der Waals surface area contributed by atoms with Gasteiger partial charge in [-0.1, -0.05) is 25.4 Å². The predicted octanol–water partition coefficient (Wildman–Crippen LogP) is 3.02. The fourth-order valence-corrected chi connectivity index (χ4v) is 1.42. The highest BCUT2D eigenvalue weighted by molar-refractivity contribution is 6.31. The molecule has 0 aliphatic rings. The van der Waals surface area contributed by atoms with Crippen LogP contribution in [0.15, 0.2) is 18.2 Å². The summed E-state index contributed by atoms with van der Waals surface area (Å²) in [6, 6.07) is 4.35. The van der Waals surface area contributed by atoms with E-state index in [-0.39, 0.29) is 23.1 Å². The van der Waals surface area contributed by atoms with Gasteiger partial charge in [-0.2, -0.15) is 0 Å². The molecule has 0 spiro atoms. The van der Waals surface area contributed by atoms with E-state index in [1.165, 1.54) is 12.1 Å². The predicted molar refractivity (Wildman–Crippen MR) is 66.5 cm³/mol. The van der Waals surface area contributed by atoms with Gasteiger partial charge in [-0.05, 0) is 24.6 Å². The lowest BCUT2D eigenvalue weighted by Crippen LogP contribution is -2.21. The molecule has 0 aliphatic heterocycles. The van der Waals surface area contributed by atoms with Crippen LogP contribution in [0.4, 0.5) is 5.69 Å². The Morgan fingerprint density at radius 3 is 2.65 bits per heavy atom. The van der Waals surface area contributed by atoms with Crippen LogP contribution >= 0.6 is 11.6 Å². The van der Waals surface area contributed by atoms with Crippen LogP contribution in [0.3, 0.4) is 0 Å². The summed E-state index contributed by atoms with van der Waals surface area (Å²) in [6.45, 7) is 3.68. The Bertz CT molecular complexity index is 445. The normalized spacial score (nSPS) is 11.9. The van der Waals surface area contributed by atoms with Crippen LogP contribution in [0.5, 0.6) is 0 Å². The van der Waals surface area contributed by atoms with Crippen LogP contribution < -0.4 is 5.32 Å². The van der Waals surface area contributed by atoms with E-state index in [1.807, 2.05) is 6.92 Å². The van der Waals surface area contributed by atoms with Crippen LogP contribution in [0.25, 0.3) is 0 Å². The van der Waals surface area contributed by atoms with Gasteiger partial charge in [0.25, 0.3) is 0 Å². The molecule has 1 unspecified atom stereocenters. The monoisotopic (exact) mass is 255 g/mol. The molecule has 4 nitrogen and oxygen atoms in total. The number of rotatable bonds is 4. The summed E-state index contributed by atoms with van der Waals surface area (Å²) in [4.78, 5) is 22.7. The minimum atomic E-state index is -1.12. The molecule has 0 saturated carbocycles. The minimum absolute atomic E-state index is 0.00541. The van der Waals surface area contributed by atoms with Crippen molar-refractivity contribution < 1.29 is 14.7 Å². The molecule has 0 aliphatic carbocycles. The maximum atomic E-state index is 11.7. The summed E-state index contributed by atoms with van der Waals surface area (Å²) in [5, 5.41) is 11.9. The van der Waals surface area contributed by atoms with Crippen molar-refractivity contribution >= 4 is 29.2 Å². The molecule has 0 radical (unpaired) electrons. The molecule has 0 aromatic heterocycles. The van der Waals surface area contributed by atoms with Crippen molar-refractivity contribution in [1.82, 2.24) is 0 Å². The minimum Gasteiger partial charge on any atom is -0.478 e. The van der Waals surface area contributed by atoms with E-state index >= 15 is 0 Å². The molecular weight excluding hydrogens is 242 g/mol. The molecule has 0 saturated heterocycles. The number of amides is 1. The van der Waals surface area contributed by atoms with Crippen molar-refractivity contribution in [1.29, 1.82) is 0 Å². The fourth-order valence-electron chi connectivity index (χ4n) is 1.24. The zero-order chi connectivity index (χ0) is 13.0. The van der Waals surface area contributed by atoms with Crippen LogP contribution in [0.2, 0.25) is 5.02 Å². The Hall–Kier alpha value is -1.55. The summed E-state index contributed by atoms with van der Waals surface area (Å²) >= 11 is 5.71. The van der Waals surface area contributed by atoms with Crippen molar-refractivity contribution in [2.45, 2.75) is 20.3 Å². The average Bonchev–Trinajstić information content (AvgIpc) is 2.29. The molecule has 0 heterocycles. The highest BCUT2D eigenvalue weighted by Crippen LogP contribution is 2.21. The Morgan fingerprint density at radius 2 is 2.12 bits per heavy atom. The van der Waals surface area contributed by atoms with Gasteiger partial charge in [0.15, 0.2) is 0 Å². The molecular formula is C12H14ClNO3. The molecule has 1 atom stereocenters. The van der Waals surface area contributed by atoms with Gasteiger partial charge in [-0.25, -0.2) is 4.79 Å². The molecule has 1 aromatic carbocycles. The first-order valence-corrected chi connectivity index (χ1v) is 5.67. The highest BCUT2D eigenvalue weighted by atomic mass is 35.5. The molecule has 1 aromatic rings. The number of anilines is 1. The van der Waals surface area contributed by atoms with E-state index < -0.39 is 5.97 Å². The number of carboxylic acid groups (broad SMARTS) is 1. The molecule has 2 N–H and O–H groups in total. The number of carbonyl (C=O) groups excluding carboxylic acids is 1. The number of hydrogen-bond acceptors (Lipinski definition) is 2. The number of benzene rings is 1. The lowest BCUT2D eigenvalue weighted by Gasteiger charge is -2.12. The molecule has 5 heteroatoms. The van der Waals surface area contributed by atoms with E-state index in [0.717, 1.165) is 0 Å². The molecule has 1 rings (SSSR count). The van der Waals surface area contributed by atoms with Gasteiger partial charge < -0.3 is 10.4 Å². The second-order valence-corrected chi connectivity index (χ2v) is 4.23. The molecule has 0 fully saturated rings. The Balaban J connectivity index is 2.98. The summed E-state index contributed by atoms with van der Waals surface area (Å²) in [5.41, 5.74) is 0.265. The summed E-state index contributed by atoms with van der Waals surface area (Å²) in [6.07, 6.45) is 0.696. The molecule has 17 heavy (non-hydrogen) atoms. The van der Waals surface area contributed by atoms with Gasteiger partial charge in [-0.3, -0.25) is 4.79 Å². The van der Waals surface area contributed by atoms with Gasteiger partial charge in [-0.15, -0.1) is 0 Å². The van der Waals surface area contributed by atoms with Crippen molar-refractivity contribution in [2.24, 2.45) is 5.92 Å². The SMILES string of the molecule is CCC(C)C(=O)Nc1ccc(Cl)cc1C(=O)O. The van der Waals surface area contributed by atoms with E-state index in [2.05, 4.69) is 5.32 Å². The third-order valence-corrected chi connectivity index (χ3v) is 2.76. The maximum absolute atomic E-state index is 11.7. The van der Waals surface area contributed by atoms with Crippen molar-refractivity contribution in [3.63, 3.8) is 0 Å². The van der Waals surface area contributed by atoms with Gasteiger partial charge in [0.2, 0.25) is 5.91 Å². The second-order valence-electron chi connectivity index (χ2n) is 3.79. The average molecular weight is 256 g/mol. The van der Waals surface area contributed by atoms with Gasteiger partial charge in [0, 0.05) is 10.9 Å². The largest absolute Gasteiger partial charge is 0.478 e. The topological polar surface area (TPSA) is 66.4 Å². The van der Waals surface area contributed by atoms with Crippen molar-refractivity contribution in [2.75, 3.05) is 5.32 Å². The standard InChI is InChI=1S/C12H14ClNO3/c1-3-7(2)11(15)14-10-5-4-8(13)6-9(10)12(16)17/h4-7H,3H2,1-2H3,(H,14,15)(H,16,17). The number of hydrogen-bond donors (Lipinski definition) is 2. The zero-order valence-corrected chi connectivity index (χ0v) is 10.4. The third-order valence-electron chi connectivity index (χ3n) is 2.53. The highest BCUT2D eigenvalue weighted by Gasteiger charge is 2.15. The van der Waals surface area contributed by atoms with Crippen LogP contribution in [-0.2, 0) is 4.79 Å². The van der Waals surface area contributed by atoms with E-state index in [0.29, 0.717) is 11.4 Å². The third kappa shape index (κ3) is 3.46. The quantitative estimate of drug-likeness (QED) is 0.869. The summed E-state index contributed by atoms with van der Waals surface area (Å²) in [7, 11) is 0. The van der Waals surface area contributed by atoms with E-state index in [9.17, 15) is 9.59 Å². The van der Waals surface area contributed by atoms with E-state index in [1.54, 1.807) is 13.0 Å². The Kier molecular flexibility index (Phi) is 4.52. The summed E-state index contributed by atoms with van der Waals surface area (Å²) < 4.78 is 0. The van der Waals surface area contributed by atoms with E-state index in [4.69, 9.17) is 16.7 Å². The van der Waals surface area contributed by atoms with Crippen molar-refractivity contribution in [3.8, 4) is 0 Å². The Morgan fingerprint density at radius 1 is 1.47 bits per heavy atom. The maximum Gasteiger partial charge on any atom is 0.337 e. The van der Waals surface area contributed by atoms with Gasteiger partial charge >= 0.3 is 5.97 Å². The van der Waals surface area contributed by atoms with Crippen molar-refractivity contribution in [3.05, 3.63) is 28.8 Å². The van der Waals surface area contributed by atoms with Gasteiger partial charge in [0.1, 0.15) is 0 Å². The van der Waals surface area contributed by atoms with Crippen LogP contribution in [0, 0.1) is 5.92 Å². The number of aromatic carboxylic acids is 1. The lowest BCUT2D eigenvalue weighted by molar-refractivity contribution is -0.119. The van der Waals surface area contributed by atoms with Gasteiger partial charge in [0.05, 0.1) is 11.3 Å². The summed E-state index contributed by atoms with van der Waals surface area (Å²) in [5.74, 6) is -1.48. The first-order valence-electron chi connectivity index (χ1n) is 5.29. The molecule has 1 amide bonds. The number of halogens is 1.